The summed E-state index contributed by atoms with van der Waals surface area (Å²) in [5, 5.41) is 14.0. The van der Waals surface area contributed by atoms with Gasteiger partial charge in [0, 0.05) is 11.0 Å². The van der Waals surface area contributed by atoms with Crippen molar-refractivity contribution in [2.45, 2.75) is 110 Å². The summed E-state index contributed by atoms with van der Waals surface area (Å²) in [4.78, 5) is 3.02. The number of aliphatic hydroxyl groups is 1. The van der Waals surface area contributed by atoms with Crippen LogP contribution in [0.4, 0.5) is 0 Å². The van der Waals surface area contributed by atoms with Crippen molar-refractivity contribution in [2.75, 3.05) is 0 Å². The molecule has 0 spiro atoms. The molecule has 3 rings (SSSR count). The van der Waals surface area contributed by atoms with Crippen molar-refractivity contribution in [3.8, 4) is 0 Å². The van der Waals surface area contributed by atoms with E-state index in [1.54, 1.807) is 5.57 Å². The zero-order chi connectivity index (χ0) is 22.6. The first-order valence-corrected chi connectivity index (χ1v) is 12.5. The van der Waals surface area contributed by atoms with Crippen molar-refractivity contribution in [2.24, 2.45) is 28.3 Å². The first-order valence-electron chi connectivity index (χ1n) is 12.5. The third-order valence-electron chi connectivity index (χ3n) is 8.58. The molecule has 0 aromatic heterocycles. The zero-order valence-corrected chi connectivity index (χ0v) is 20.2. The Bertz CT molecular complexity index is 768. The third kappa shape index (κ3) is 5.84. The van der Waals surface area contributed by atoms with E-state index in [0.29, 0.717) is 11.3 Å². The second-order valence-corrected chi connectivity index (χ2v) is 11.4. The number of hydrogen-bond acceptors (Lipinski definition) is 2. The minimum Gasteiger partial charge on any atom is -0.390 e. The topological polar surface area (TPSA) is 69.0 Å². The second kappa shape index (κ2) is 9.96. The van der Waals surface area contributed by atoms with Gasteiger partial charge < -0.3 is 5.11 Å². The molecular weight excluding hydrogens is 382 g/mol. The van der Waals surface area contributed by atoms with Crippen LogP contribution in [0, 0.1) is 23.2 Å². The molecule has 1 N–H and O–H groups in total. The molecule has 172 valence electrons. The van der Waals surface area contributed by atoms with Crippen molar-refractivity contribution in [3.63, 3.8) is 0 Å². The molecule has 3 fully saturated rings. The van der Waals surface area contributed by atoms with Crippen LogP contribution in [0.25, 0.3) is 10.4 Å². The summed E-state index contributed by atoms with van der Waals surface area (Å²) in [6, 6.07) is 0.0809. The molecule has 5 atom stereocenters. The second-order valence-electron chi connectivity index (χ2n) is 11.4. The highest BCUT2D eigenvalue weighted by Gasteiger charge is 2.50. The summed E-state index contributed by atoms with van der Waals surface area (Å²) < 4.78 is 0. The molecule has 4 nitrogen and oxygen atoms in total. The van der Waals surface area contributed by atoms with Crippen molar-refractivity contribution < 1.29 is 5.11 Å². The number of hydrogen-bond donors (Lipinski definition) is 1. The highest BCUT2D eigenvalue weighted by atomic mass is 16.3. The van der Waals surface area contributed by atoms with Crippen LogP contribution in [0.15, 0.2) is 40.6 Å². The van der Waals surface area contributed by atoms with E-state index in [1.165, 1.54) is 49.7 Å². The van der Waals surface area contributed by atoms with Gasteiger partial charge >= 0.3 is 0 Å². The summed E-state index contributed by atoms with van der Waals surface area (Å²) in [6.45, 7) is 13.1. The fourth-order valence-electron chi connectivity index (χ4n) is 6.84. The highest BCUT2D eigenvalue weighted by Crippen LogP contribution is 2.60. The molecule has 0 aliphatic heterocycles. The smallest absolute Gasteiger partial charge is 0.0591 e. The Morgan fingerprint density at radius 3 is 2.77 bits per heavy atom. The number of fused-ring (bicyclic) bond motifs is 1. The van der Waals surface area contributed by atoms with Gasteiger partial charge in [0.2, 0.25) is 0 Å². The van der Waals surface area contributed by atoms with Crippen molar-refractivity contribution in [1.82, 2.24) is 0 Å². The molecule has 0 aromatic rings. The van der Waals surface area contributed by atoms with Gasteiger partial charge in [-0.05, 0) is 106 Å². The first kappa shape index (κ1) is 24.1. The first-order chi connectivity index (χ1) is 14.6. The van der Waals surface area contributed by atoms with Gasteiger partial charge in [-0.3, -0.25) is 0 Å². The molecule has 3 saturated carbocycles. The molecule has 3 aliphatic carbocycles. The van der Waals surface area contributed by atoms with Gasteiger partial charge in [-0.1, -0.05) is 61.7 Å². The van der Waals surface area contributed by atoms with E-state index >= 15 is 0 Å². The molecule has 3 aliphatic rings. The lowest BCUT2D eigenvalue weighted by Gasteiger charge is -2.44. The maximum atomic E-state index is 10.1. The predicted octanol–water partition coefficient (Wildman–Crippen LogP) is 8.05. The van der Waals surface area contributed by atoms with Crippen molar-refractivity contribution >= 4 is 0 Å². The quantitative estimate of drug-likeness (QED) is 0.250. The average molecular weight is 426 g/mol. The van der Waals surface area contributed by atoms with Crippen molar-refractivity contribution in [3.05, 3.63) is 45.9 Å². The van der Waals surface area contributed by atoms with E-state index in [9.17, 15) is 5.11 Å². The summed E-state index contributed by atoms with van der Waals surface area (Å²) in [7, 11) is 0. The van der Waals surface area contributed by atoms with E-state index in [4.69, 9.17) is 5.53 Å². The summed E-state index contributed by atoms with van der Waals surface area (Å²) >= 11 is 0. The number of rotatable bonds is 7. The fraction of sp³-hybridized carbons (Fsp3) is 0.778. The van der Waals surface area contributed by atoms with Crippen LogP contribution in [0.3, 0.4) is 0 Å². The van der Waals surface area contributed by atoms with Crippen LogP contribution < -0.4 is 0 Å². The van der Waals surface area contributed by atoms with E-state index < -0.39 is 5.60 Å². The number of allylic oxidation sites excluding steroid dienone is 4. The molecule has 0 radical (unpaired) electrons. The molecule has 0 aromatic carbocycles. The van der Waals surface area contributed by atoms with Crippen LogP contribution in [0.2, 0.25) is 0 Å². The van der Waals surface area contributed by atoms with E-state index in [1.807, 2.05) is 13.8 Å². The number of azide groups is 1. The van der Waals surface area contributed by atoms with Gasteiger partial charge in [0.05, 0.1) is 5.60 Å². The summed E-state index contributed by atoms with van der Waals surface area (Å²) in [5.74, 6) is 2.21. The van der Waals surface area contributed by atoms with Crippen LogP contribution in [-0.4, -0.2) is 16.7 Å². The van der Waals surface area contributed by atoms with Crippen LogP contribution >= 0.6 is 0 Å². The molecule has 0 heterocycles. The van der Waals surface area contributed by atoms with Gasteiger partial charge in [-0.15, -0.1) is 0 Å². The molecule has 0 unspecified atom stereocenters. The number of nitrogens with zero attached hydrogens (tertiary/aromatic N) is 3. The highest BCUT2D eigenvalue weighted by molar-refractivity contribution is 5.36. The van der Waals surface area contributed by atoms with Gasteiger partial charge in [0.15, 0.2) is 0 Å². The third-order valence-corrected chi connectivity index (χ3v) is 8.58. The van der Waals surface area contributed by atoms with E-state index in [-0.39, 0.29) is 6.04 Å². The summed E-state index contributed by atoms with van der Waals surface area (Å²) in [6.07, 6.45) is 17.1. The van der Waals surface area contributed by atoms with Gasteiger partial charge in [0.1, 0.15) is 0 Å². The normalized spacial score (nSPS) is 35.1. The molecule has 0 amide bonds. The standard InChI is InChI=1S/C27H43N3O/c1-19-10-13-23(29-30-28)18-22(19)12-11-21-9-7-17-27(5)24(14-15-25(21)27)20(2)8-6-16-26(3,4)31/h11-12,20,23-25,31H,1,6-10,13-18H2,2-5H3/b21-11+,22-12-/t20-,23-,24+,25+,27-/m1/s1. The fourth-order valence-corrected chi connectivity index (χ4v) is 6.84. The summed E-state index contributed by atoms with van der Waals surface area (Å²) in [5.41, 5.74) is 12.8. The van der Waals surface area contributed by atoms with Gasteiger partial charge in [-0.2, -0.15) is 0 Å². The Kier molecular flexibility index (Phi) is 7.76. The molecule has 0 bridgehead atoms. The lowest BCUT2D eigenvalue weighted by molar-refractivity contribution is 0.0597. The van der Waals surface area contributed by atoms with Crippen LogP contribution in [0.1, 0.15) is 98.3 Å². The Morgan fingerprint density at radius 1 is 1.29 bits per heavy atom. The molecule has 4 heteroatoms. The maximum Gasteiger partial charge on any atom is 0.0591 e. The molecule has 0 saturated heterocycles. The SMILES string of the molecule is C=C1CC[C@@H](N=[N+]=[N-])C/C1=C/C=C1\CCC[C@@]2(C)[C@H]1CC[C@H]2[C@H](C)CCCC(C)(C)O. The Morgan fingerprint density at radius 2 is 2.06 bits per heavy atom. The van der Waals surface area contributed by atoms with Gasteiger partial charge in [0.25, 0.3) is 0 Å². The molecule has 31 heavy (non-hydrogen) atoms. The minimum atomic E-state index is -0.545. The Labute approximate surface area is 189 Å². The average Bonchev–Trinajstić information content (AvgIpc) is 3.05. The molecular formula is C27H43N3O. The zero-order valence-electron chi connectivity index (χ0n) is 20.2. The monoisotopic (exact) mass is 425 g/mol. The predicted molar refractivity (Wildman–Crippen MR) is 130 cm³/mol. The Balaban J connectivity index is 1.70. The van der Waals surface area contributed by atoms with Gasteiger partial charge in [-0.25, -0.2) is 0 Å². The van der Waals surface area contributed by atoms with E-state index in [0.717, 1.165) is 43.9 Å². The maximum absolute atomic E-state index is 10.1. The lowest BCUT2D eigenvalue weighted by atomic mass is 9.60. The van der Waals surface area contributed by atoms with Crippen LogP contribution in [-0.2, 0) is 0 Å². The van der Waals surface area contributed by atoms with Crippen LogP contribution in [0.5, 0.6) is 0 Å². The minimum absolute atomic E-state index is 0.0809. The van der Waals surface area contributed by atoms with Crippen molar-refractivity contribution in [1.29, 1.82) is 0 Å². The Hall–Kier alpha value is -1.51. The largest absolute Gasteiger partial charge is 0.390 e. The van der Waals surface area contributed by atoms with E-state index in [2.05, 4.69) is 42.6 Å². The lowest BCUT2D eigenvalue weighted by Crippen LogP contribution is -2.36.